The van der Waals surface area contributed by atoms with Gasteiger partial charge in [0, 0.05) is 24.5 Å². The van der Waals surface area contributed by atoms with Crippen LogP contribution in [0.25, 0.3) is 22.1 Å². The second-order valence-electron chi connectivity index (χ2n) is 9.92. The number of piperidine rings is 2. The number of rotatable bonds is 4. The fraction of sp³-hybridized carbons (Fsp3) is 0.464. The van der Waals surface area contributed by atoms with Gasteiger partial charge < -0.3 is 18.8 Å². The number of ether oxygens (including phenoxy) is 2. The Morgan fingerprint density at radius 3 is 2.74 bits per heavy atom. The molecule has 3 aromatic rings. The Kier molecular flexibility index (Phi) is 5.79. The molecule has 2 fully saturated rings. The van der Waals surface area contributed by atoms with E-state index in [1.54, 1.807) is 7.11 Å². The zero-order valence-corrected chi connectivity index (χ0v) is 19.8. The van der Waals surface area contributed by atoms with Crippen LogP contribution in [0.5, 0.6) is 11.5 Å². The zero-order valence-electron chi connectivity index (χ0n) is 19.8. The number of methoxy groups -OCH3 is 1. The van der Waals surface area contributed by atoms with Crippen LogP contribution in [0.15, 0.2) is 51.7 Å². The van der Waals surface area contributed by atoms with Crippen LogP contribution in [-0.4, -0.2) is 49.3 Å². The molecule has 6 heteroatoms. The van der Waals surface area contributed by atoms with Gasteiger partial charge in [-0.3, -0.25) is 4.90 Å². The maximum atomic E-state index is 13.0. The van der Waals surface area contributed by atoms with Gasteiger partial charge in [0.1, 0.15) is 23.8 Å². The van der Waals surface area contributed by atoms with Crippen molar-refractivity contribution < 1.29 is 13.9 Å². The van der Waals surface area contributed by atoms with Gasteiger partial charge in [0.25, 0.3) is 0 Å². The van der Waals surface area contributed by atoms with Crippen LogP contribution in [0.1, 0.15) is 37.7 Å². The normalized spacial score (nSPS) is 23.2. The topological polar surface area (TPSA) is 55.2 Å². The average Bonchev–Trinajstić information content (AvgIpc) is 2.89. The van der Waals surface area contributed by atoms with Crippen LogP contribution >= 0.6 is 0 Å². The van der Waals surface area contributed by atoms with Crippen molar-refractivity contribution in [3.63, 3.8) is 0 Å². The van der Waals surface area contributed by atoms with E-state index in [9.17, 15) is 4.79 Å². The molecule has 1 aromatic heterocycles. The fourth-order valence-electron chi connectivity index (χ4n) is 6.15. The Balaban J connectivity index is 1.27. The summed E-state index contributed by atoms with van der Waals surface area (Å²) < 4.78 is 17.3. The molecule has 178 valence electrons. The maximum absolute atomic E-state index is 13.0. The summed E-state index contributed by atoms with van der Waals surface area (Å²) in [5.74, 6) is 2.27. The largest absolute Gasteiger partial charge is 0.497 e. The van der Waals surface area contributed by atoms with Gasteiger partial charge in [-0.05, 0) is 80.6 Å². The summed E-state index contributed by atoms with van der Waals surface area (Å²) in [6.45, 7) is 4.89. The van der Waals surface area contributed by atoms with Crippen LogP contribution in [0.3, 0.4) is 0 Å². The Labute approximate surface area is 200 Å². The zero-order chi connectivity index (χ0) is 23.1. The second kappa shape index (κ2) is 9.08. The molecule has 2 saturated heterocycles. The first kappa shape index (κ1) is 21.7. The Bertz CT molecular complexity index is 1230. The van der Waals surface area contributed by atoms with E-state index >= 15 is 0 Å². The highest BCUT2D eigenvalue weighted by Gasteiger charge is 2.35. The van der Waals surface area contributed by atoms with Gasteiger partial charge >= 0.3 is 5.63 Å². The molecule has 0 spiro atoms. The van der Waals surface area contributed by atoms with Crippen molar-refractivity contribution in [1.82, 2.24) is 9.80 Å². The van der Waals surface area contributed by atoms with Crippen molar-refractivity contribution in [3.05, 3.63) is 58.4 Å². The summed E-state index contributed by atoms with van der Waals surface area (Å²) in [4.78, 5) is 18.1. The van der Waals surface area contributed by atoms with Gasteiger partial charge in [-0.15, -0.1) is 0 Å². The summed E-state index contributed by atoms with van der Waals surface area (Å²) in [5.41, 5.74) is 2.68. The second-order valence-corrected chi connectivity index (χ2v) is 9.92. The molecule has 2 atom stereocenters. The number of fused-ring (bicyclic) bond motifs is 4. The lowest BCUT2D eigenvalue weighted by Gasteiger charge is -2.46. The Morgan fingerprint density at radius 2 is 1.88 bits per heavy atom. The molecule has 0 N–H and O–H groups in total. The molecule has 4 heterocycles. The van der Waals surface area contributed by atoms with Crippen LogP contribution in [0, 0.1) is 5.92 Å². The maximum Gasteiger partial charge on any atom is 0.344 e. The van der Waals surface area contributed by atoms with Crippen LogP contribution in [0.4, 0.5) is 0 Å². The molecule has 0 aliphatic carbocycles. The van der Waals surface area contributed by atoms with E-state index in [0.717, 1.165) is 41.1 Å². The van der Waals surface area contributed by atoms with Crippen LogP contribution < -0.4 is 15.1 Å². The third kappa shape index (κ3) is 3.99. The van der Waals surface area contributed by atoms with Crippen LogP contribution in [0.2, 0.25) is 0 Å². The Hall–Kier alpha value is -2.83. The summed E-state index contributed by atoms with van der Waals surface area (Å²) in [6.07, 6.45) is 6.59. The third-order valence-corrected chi connectivity index (χ3v) is 7.87. The summed E-state index contributed by atoms with van der Waals surface area (Å²) in [7, 11) is 1.63. The lowest BCUT2D eigenvalue weighted by molar-refractivity contribution is 0.0146. The lowest BCUT2D eigenvalue weighted by Crippen LogP contribution is -2.51. The minimum atomic E-state index is -0.326. The van der Waals surface area contributed by atoms with Crippen molar-refractivity contribution in [2.75, 3.05) is 33.5 Å². The van der Waals surface area contributed by atoms with Crippen molar-refractivity contribution in [2.24, 2.45) is 5.92 Å². The molecule has 2 aromatic carbocycles. The first-order valence-corrected chi connectivity index (χ1v) is 12.5. The third-order valence-electron chi connectivity index (χ3n) is 7.87. The molecule has 0 amide bonds. The predicted octanol–water partition coefficient (Wildman–Crippen LogP) is 4.89. The predicted molar refractivity (Wildman–Crippen MR) is 132 cm³/mol. The molecule has 6 rings (SSSR count). The SMILES string of the molecule is COc1ccc(-c2cc3ccc4c(c3oc2=O)CN(C[C@@H]2CCCN3CCCC[C@@H]23)CO4)cc1. The molecule has 0 saturated carbocycles. The van der Waals surface area contributed by atoms with Gasteiger partial charge in [-0.25, -0.2) is 4.79 Å². The number of nitrogens with zero attached hydrogens (tertiary/aromatic N) is 2. The molecule has 34 heavy (non-hydrogen) atoms. The quantitative estimate of drug-likeness (QED) is 0.517. The van der Waals surface area contributed by atoms with Crippen LogP contribution in [-0.2, 0) is 6.54 Å². The molecule has 0 radical (unpaired) electrons. The average molecular weight is 461 g/mol. The minimum absolute atomic E-state index is 0.326. The van der Waals surface area contributed by atoms with E-state index < -0.39 is 0 Å². The summed E-state index contributed by atoms with van der Waals surface area (Å²) in [6, 6.07) is 14.1. The molecule has 0 unspecified atom stereocenters. The van der Waals surface area contributed by atoms with Crippen molar-refractivity contribution in [1.29, 1.82) is 0 Å². The first-order valence-electron chi connectivity index (χ1n) is 12.5. The van der Waals surface area contributed by atoms with Gasteiger partial charge in [0.2, 0.25) is 0 Å². The van der Waals surface area contributed by atoms with E-state index in [-0.39, 0.29) is 5.63 Å². The molecular formula is C28H32N2O4. The molecule has 3 aliphatic rings. The standard InChI is InChI=1S/C28H32N2O4/c1-32-22-10-7-19(8-11-22)23-15-20-9-12-26-24(27(20)34-28(23)31)17-29(18-33-26)16-21-5-4-14-30-13-3-2-6-25(21)30/h7-12,15,21,25H,2-6,13-14,16-18H2,1H3/t21-,25-/m0/s1. The van der Waals surface area contributed by atoms with E-state index in [1.165, 1.54) is 45.2 Å². The lowest BCUT2D eigenvalue weighted by atomic mass is 9.83. The summed E-state index contributed by atoms with van der Waals surface area (Å²) in [5, 5.41) is 0.922. The molecular weight excluding hydrogens is 428 g/mol. The number of hydrogen-bond donors (Lipinski definition) is 0. The fourth-order valence-corrected chi connectivity index (χ4v) is 6.15. The molecule has 0 bridgehead atoms. The molecule has 3 aliphatic heterocycles. The highest BCUT2D eigenvalue weighted by Crippen LogP contribution is 2.36. The molecule has 6 nitrogen and oxygen atoms in total. The van der Waals surface area contributed by atoms with E-state index in [4.69, 9.17) is 13.9 Å². The summed E-state index contributed by atoms with van der Waals surface area (Å²) >= 11 is 0. The monoisotopic (exact) mass is 460 g/mol. The van der Waals surface area contributed by atoms with Crippen molar-refractivity contribution in [3.8, 4) is 22.6 Å². The van der Waals surface area contributed by atoms with Gasteiger partial charge in [0.15, 0.2) is 0 Å². The Morgan fingerprint density at radius 1 is 1.03 bits per heavy atom. The van der Waals surface area contributed by atoms with E-state index in [2.05, 4.69) is 9.80 Å². The van der Waals surface area contributed by atoms with Gasteiger partial charge in [-0.1, -0.05) is 18.6 Å². The van der Waals surface area contributed by atoms with Gasteiger partial charge in [-0.2, -0.15) is 0 Å². The van der Waals surface area contributed by atoms with E-state index in [0.29, 0.717) is 29.8 Å². The minimum Gasteiger partial charge on any atom is -0.497 e. The first-order chi connectivity index (χ1) is 16.7. The van der Waals surface area contributed by atoms with Gasteiger partial charge in [0.05, 0.1) is 18.2 Å². The number of benzene rings is 2. The highest BCUT2D eigenvalue weighted by atomic mass is 16.5. The van der Waals surface area contributed by atoms with Crippen molar-refractivity contribution >= 4 is 11.0 Å². The highest BCUT2D eigenvalue weighted by molar-refractivity contribution is 5.86. The number of hydrogen-bond acceptors (Lipinski definition) is 6. The smallest absolute Gasteiger partial charge is 0.344 e. The van der Waals surface area contributed by atoms with Crippen molar-refractivity contribution in [2.45, 2.75) is 44.7 Å². The van der Waals surface area contributed by atoms with E-state index in [1.807, 2.05) is 42.5 Å².